The van der Waals surface area contributed by atoms with Crippen LogP contribution in [0.25, 0.3) is 0 Å². The van der Waals surface area contributed by atoms with Gasteiger partial charge in [0.2, 0.25) is 0 Å². The number of nitrogens with one attached hydrogen (secondary N) is 1. The maximum absolute atomic E-state index is 13.0. The number of aromatic nitrogens is 2. The van der Waals surface area contributed by atoms with E-state index in [9.17, 15) is 27.9 Å². The van der Waals surface area contributed by atoms with E-state index in [0.717, 1.165) is 16.8 Å². The minimum Gasteiger partial charge on any atom is -0.463 e. The molecule has 0 aromatic carbocycles. The van der Waals surface area contributed by atoms with Crippen LogP contribution in [0.15, 0.2) is 28.8 Å². The molecule has 29 heavy (non-hydrogen) atoms. The van der Waals surface area contributed by atoms with E-state index in [0.29, 0.717) is 0 Å². The SMILES string of the molecule is CCOC(=O)/C=C(/Nc1ccn(C2CC(O)C(CO)O2)c(=O)n1)C(F)(F)F.[Ac].[Ac]. The molecule has 1 fully saturated rings. The quantitative estimate of drug-likeness (QED) is 0.277. The first-order valence-corrected chi connectivity index (χ1v) is 7.92. The fraction of sp³-hybridized carbons (Fsp3) is 0.533. The van der Waals surface area contributed by atoms with Gasteiger partial charge in [-0.3, -0.25) is 4.57 Å². The van der Waals surface area contributed by atoms with Crippen molar-refractivity contribution in [2.24, 2.45) is 0 Å². The Morgan fingerprint density at radius 3 is 2.62 bits per heavy atom. The van der Waals surface area contributed by atoms with Gasteiger partial charge in [-0.25, -0.2) is 9.59 Å². The largest absolute Gasteiger partial charge is 0.463 e. The van der Waals surface area contributed by atoms with E-state index in [-0.39, 0.29) is 107 Å². The molecule has 2 radical (unpaired) electrons. The number of aliphatic hydroxyl groups excluding tert-OH is 2. The molecular weight excluding hydrogens is 829 g/mol. The Labute approximate surface area is 235 Å². The summed E-state index contributed by atoms with van der Waals surface area (Å²) in [4.78, 5) is 26.8. The second-order valence-electron chi connectivity index (χ2n) is 5.55. The second kappa shape index (κ2) is 13.1. The Kier molecular flexibility index (Phi) is 13.3. The molecule has 14 heteroatoms. The molecule has 0 saturated carbocycles. The average molecular weight is 847 g/mol. The number of esters is 1. The van der Waals surface area contributed by atoms with Crippen LogP contribution in [-0.4, -0.2) is 57.3 Å². The normalized spacial score (nSPS) is 21.7. The molecule has 2 heterocycles. The third-order valence-electron chi connectivity index (χ3n) is 3.64. The molecule has 1 saturated heterocycles. The summed E-state index contributed by atoms with van der Waals surface area (Å²) in [7, 11) is 0. The number of allylic oxidation sites excluding steroid dienone is 1. The van der Waals surface area contributed by atoms with Crippen molar-refractivity contribution in [3.8, 4) is 0 Å². The number of carbonyl (C=O) groups is 1. The summed E-state index contributed by atoms with van der Waals surface area (Å²) in [5.74, 6) is -1.64. The molecule has 2 rings (SSSR count). The van der Waals surface area contributed by atoms with Crippen LogP contribution < -0.4 is 11.0 Å². The van der Waals surface area contributed by atoms with Crippen molar-refractivity contribution in [1.29, 1.82) is 0 Å². The van der Waals surface area contributed by atoms with Crippen LogP contribution in [0, 0.1) is 88.1 Å². The summed E-state index contributed by atoms with van der Waals surface area (Å²) < 4.78 is 49.8. The van der Waals surface area contributed by atoms with Crippen molar-refractivity contribution in [2.75, 3.05) is 18.5 Å². The van der Waals surface area contributed by atoms with E-state index < -0.39 is 54.4 Å². The first-order chi connectivity index (χ1) is 12.7. The molecular formula is C15H18Ac2F3N3O6. The third-order valence-corrected chi connectivity index (χ3v) is 3.64. The van der Waals surface area contributed by atoms with Gasteiger partial charge in [0, 0.05) is 101 Å². The molecule has 3 unspecified atom stereocenters. The number of halogens is 3. The molecule has 1 aromatic rings. The van der Waals surface area contributed by atoms with Crippen LogP contribution >= 0.6 is 0 Å². The predicted octanol–water partition coefficient (Wildman–Crippen LogP) is 0.305. The molecule has 1 aliphatic rings. The smallest absolute Gasteiger partial charge is 0.431 e. The summed E-state index contributed by atoms with van der Waals surface area (Å²) >= 11 is 0. The topological polar surface area (TPSA) is 123 Å². The van der Waals surface area contributed by atoms with E-state index in [2.05, 4.69) is 9.72 Å². The zero-order chi connectivity index (χ0) is 20.2. The van der Waals surface area contributed by atoms with Crippen molar-refractivity contribution in [3.05, 3.63) is 34.5 Å². The molecule has 156 valence electrons. The minimum atomic E-state index is -4.91. The van der Waals surface area contributed by atoms with E-state index in [1.54, 1.807) is 0 Å². The van der Waals surface area contributed by atoms with E-state index in [1.165, 1.54) is 6.92 Å². The number of alkyl halides is 3. The number of hydrogen-bond acceptors (Lipinski definition) is 8. The second-order valence-corrected chi connectivity index (χ2v) is 5.55. The maximum atomic E-state index is 13.0. The Bertz CT molecular complexity index is 774. The van der Waals surface area contributed by atoms with Gasteiger partial charge in [0.1, 0.15) is 23.8 Å². The summed E-state index contributed by atoms with van der Waals surface area (Å²) in [5.41, 5.74) is -2.38. The summed E-state index contributed by atoms with van der Waals surface area (Å²) in [6, 6.07) is 1.08. The van der Waals surface area contributed by atoms with Crippen molar-refractivity contribution in [2.45, 2.75) is 38.0 Å². The van der Waals surface area contributed by atoms with E-state index in [4.69, 9.17) is 9.84 Å². The van der Waals surface area contributed by atoms with Gasteiger partial charge < -0.3 is 25.0 Å². The van der Waals surface area contributed by atoms with E-state index in [1.807, 2.05) is 5.32 Å². The van der Waals surface area contributed by atoms with Crippen LogP contribution in [0.1, 0.15) is 19.6 Å². The standard InChI is InChI=1S/C15H18F3N3O6.2Ac/c1-2-26-13(24)6-10(15(16,17)18)19-11-3-4-21(14(25)20-11)12-5-8(23)9(7-22)27-12;;/h3-4,6,8-9,12,22-23H,2,5,7H2,1H3,(H,19,20,25);;/b10-6+;;. The van der Waals surface area contributed by atoms with Gasteiger partial charge in [0.25, 0.3) is 0 Å². The molecule has 0 aliphatic carbocycles. The number of rotatable bonds is 6. The van der Waals surface area contributed by atoms with Gasteiger partial charge in [-0.15, -0.1) is 0 Å². The maximum Gasteiger partial charge on any atom is 0.431 e. The van der Waals surface area contributed by atoms with Gasteiger partial charge in [0.05, 0.1) is 25.4 Å². The van der Waals surface area contributed by atoms with Crippen molar-refractivity contribution in [1.82, 2.24) is 9.55 Å². The van der Waals surface area contributed by atoms with Crippen molar-refractivity contribution < 1.29 is 126 Å². The number of hydrogen-bond donors (Lipinski definition) is 3. The Balaban J connectivity index is 0.00000392. The van der Waals surface area contributed by atoms with Crippen molar-refractivity contribution in [3.63, 3.8) is 0 Å². The fourth-order valence-corrected chi connectivity index (χ4v) is 2.38. The minimum absolute atomic E-state index is 0. The monoisotopic (exact) mass is 847 g/mol. The molecule has 3 atom stereocenters. The Morgan fingerprint density at radius 1 is 1.48 bits per heavy atom. The van der Waals surface area contributed by atoms with Crippen LogP contribution in [-0.2, 0) is 14.3 Å². The molecule has 1 aromatic heterocycles. The Morgan fingerprint density at radius 2 is 2.14 bits per heavy atom. The zero-order valence-electron chi connectivity index (χ0n) is 15.3. The van der Waals surface area contributed by atoms with Crippen LogP contribution in [0.2, 0.25) is 0 Å². The van der Waals surface area contributed by atoms with Gasteiger partial charge in [-0.1, -0.05) is 0 Å². The molecule has 0 spiro atoms. The molecule has 1 aliphatic heterocycles. The Hall–Kier alpha value is 0.443. The summed E-state index contributed by atoms with van der Waals surface area (Å²) in [5, 5.41) is 20.6. The fourth-order valence-electron chi connectivity index (χ4n) is 2.38. The van der Waals surface area contributed by atoms with Gasteiger partial charge in [-0.05, 0) is 13.0 Å². The zero-order valence-corrected chi connectivity index (χ0v) is 24.8. The molecule has 0 amide bonds. The predicted molar refractivity (Wildman–Crippen MR) is 84.5 cm³/mol. The van der Waals surface area contributed by atoms with Crippen LogP contribution in [0.4, 0.5) is 19.0 Å². The first kappa shape index (κ1) is 29.4. The summed E-state index contributed by atoms with van der Waals surface area (Å²) in [6.45, 7) is 0.890. The van der Waals surface area contributed by atoms with Crippen molar-refractivity contribution >= 4 is 11.8 Å². The number of ether oxygens (including phenoxy) is 2. The molecule has 9 nitrogen and oxygen atoms in total. The number of nitrogens with zero attached hydrogens (tertiary/aromatic N) is 2. The van der Waals surface area contributed by atoms with Gasteiger partial charge >= 0.3 is 17.8 Å². The van der Waals surface area contributed by atoms with Crippen LogP contribution in [0.5, 0.6) is 0 Å². The first-order valence-electron chi connectivity index (χ1n) is 7.92. The van der Waals surface area contributed by atoms with E-state index >= 15 is 0 Å². The number of aliphatic hydroxyl groups is 2. The summed E-state index contributed by atoms with van der Waals surface area (Å²) in [6.07, 6.45) is -6.32. The third kappa shape index (κ3) is 8.47. The average Bonchev–Trinajstić information content (AvgIpc) is 2.94. The van der Waals surface area contributed by atoms with Gasteiger partial charge in [-0.2, -0.15) is 18.2 Å². The van der Waals surface area contributed by atoms with Crippen LogP contribution in [0.3, 0.4) is 0 Å². The molecule has 3 N–H and O–H groups in total. The van der Waals surface area contributed by atoms with Gasteiger partial charge in [0.15, 0.2) is 0 Å². The number of anilines is 1. The molecule has 0 bridgehead atoms. The number of carbonyl (C=O) groups excluding carboxylic acids is 1.